The van der Waals surface area contributed by atoms with Gasteiger partial charge in [0.25, 0.3) is 0 Å². The number of hydrogen-bond donors (Lipinski definition) is 2. The molecule has 136 valence electrons. The summed E-state index contributed by atoms with van der Waals surface area (Å²) in [5.41, 5.74) is 2.37. The van der Waals surface area contributed by atoms with E-state index in [9.17, 15) is 9.90 Å². The zero-order chi connectivity index (χ0) is 17.8. The Morgan fingerprint density at radius 2 is 1.33 bits per heavy atom. The standard InChI is InChI=1S/C21H35NO2/c1-4-5-6-7-8-9-10-11-12-13-14-20(23)22-19-15-17(2)21(24)18(3)16-19/h15-16,24H,4-14H2,1-3H3,(H,22,23). The molecular formula is C21H35NO2. The molecule has 3 heteroatoms. The minimum absolute atomic E-state index is 0.0686. The fourth-order valence-corrected chi connectivity index (χ4v) is 3.02. The van der Waals surface area contributed by atoms with Crippen molar-refractivity contribution in [3.05, 3.63) is 23.3 Å². The molecule has 1 rings (SSSR count). The molecule has 0 aliphatic carbocycles. The van der Waals surface area contributed by atoms with Crippen LogP contribution < -0.4 is 5.32 Å². The van der Waals surface area contributed by atoms with Gasteiger partial charge in [0.2, 0.25) is 5.91 Å². The molecular weight excluding hydrogens is 298 g/mol. The Balaban J connectivity index is 2.08. The van der Waals surface area contributed by atoms with E-state index in [4.69, 9.17) is 0 Å². The molecule has 0 unspecified atom stereocenters. The third-order valence-electron chi connectivity index (χ3n) is 4.53. The van der Waals surface area contributed by atoms with Crippen molar-refractivity contribution < 1.29 is 9.90 Å². The van der Waals surface area contributed by atoms with Gasteiger partial charge in [0.1, 0.15) is 5.75 Å². The first-order valence-corrected chi connectivity index (χ1v) is 9.64. The molecule has 0 saturated heterocycles. The summed E-state index contributed by atoms with van der Waals surface area (Å²) in [6, 6.07) is 3.64. The number of phenols is 1. The van der Waals surface area contributed by atoms with Crippen LogP contribution in [0.5, 0.6) is 5.75 Å². The number of carbonyl (C=O) groups excluding carboxylic acids is 1. The zero-order valence-electron chi connectivity index (χ0n) is 15.8. The van der Waals surface area contributed by atoms with E-state index in [1.165, 1.54) is 51.4 Å². The highest BCUT2D eigenvalue weighted by Gasteiger charge is 2.06. The van der Waals surface area contributed by atoms with Crippen LogP contribution in [0.15, 0.2) is 12.1 Å². The average Bonchev–Trinajstić information content (AvgIpc) is 2.54. The van der Waals surface area contributed by atoms with E-state index in [0.717, 1.165) is 29.7 Å². The summed E-state index contributed by atoms with van der Waals surface area (Å²) in [5.74, 6) is 0.377. The molecule has 0 aromatic heterocycles. The van der Waals surface area contributed by atoms with E-state index in [1.807, 2.05) is 26.0 Å². The lowest BCUT2D eigenvalue weighted by atomic mass is 10.1. The van der Waals surface area contributed by atoms with E-state index in [2.05, 4.69) is 12.2 Å². The largest absolute Gasteiger partial charge is 0.507 e. The van der Waals surface area contributed by atoms with E-state index < -0.39 is 0 Å². The molecule has 1 aromatic carbocycles. The Kier molecular flexibility index (Phi) is 10.2. The Bertz CT molecular complexity index is 474. The number of aryl methyl sites for hydroxylation is 2. The van der Waals surface area contributed by atoms with Gasteiger partial charge in [0.15, 0.2) is 0 Å². The van der Waals surface area contributed by atoms with Crippen molar-refractivity contribution >= 4 is 11.6 Å². The molecule has 0 aliphatic rings. The van der Waals surface area contributed by atoms with Crippen LogP contribution in [0.25, 0.3) is 0 Å². The fourth-order valence-electron chi connectivity index (χ4n) is 3.02. The molecule has 2 N–H and O–H groups in total. The van der Waals surface area contributed by atoms with E-state index in [0.29, 0.717) is 12.2 Å². The molecule has 3 nitrogen and oxygen atoms in total. The number of phenolic OH excluding ortho intramolecular Hbond substituents is 1. The van der Waals surface area contributed by atoms with Crippen LogP contribution >= 0.6 is 0 Å². The molecule has 0 aliphatic heterocycles. The maximum Gasteiger partial charge on any atom is 0.224 e. The van der Waals surface area contributed by atoms with Gasteiger partial charge in [0.05, 0.1) is 0 Å². The van der Waals surface area contributed by atoms with Crippen LogP contribution in [-0.2, 0) is 4.79 Å². The summed E-state index contributed by atoms with van der Waals surface area (Å²) in [6.45, 7) is 5.95. The number of carbonyl (C=O) groups is 1. The maximum atomic E-state index is 12.0. The first-order valence-electron chi connectivity index (χ1n) is 9.64. The van der Waals surface area contributed by atoms with E-state index in [1.54, 1.807) is 0 Å². The van der Waals surface area contributed by atoms with Gasteiger partial charge in [-0.05, 0) is 43.5 Å². The molecule has 0 atom stereocenters. The van der Waals surface area contributed by atoms with Gasteiger partial charge >= 0.3 is 0 Å². The average molecular weight is 334 g/mol. The van der Waals surface area contributed by atoms with Crippen molar-refractivity contribution in [2.24, 2.45) is 0 Å². The summed E-state index contributed by atoms with van der Waals surface area (Å²) >= 11 is 0. The molecule has 0 radical (unpaired) electrons. The van der Waals surface area contributed by atoms with Gasteiger partial charge in [-0.15, -0.1) is 0 Å². The monoisotopic (exact) mass is 333 g/mol. The number of hydrogen-bond acceptors (Lipinski definition) is 2. The van der Waals surface area contributed by atoms with Gasteiger partial charge < -0.3 is 10.4 Å². The Labute approximate surface area is 147 Å². The number of nitrogens with one attached hydrogen (secondary N) is 1. The molecule has 0 saturated carbocycles. The second-order valence-corrected chi connectivity index (χ2v) is 6.94. The number of benzene rings is 1. The van der Waals surface area contributed by atoms with Gasteiger partial charge in [-0.25, -0.2) is 0 Å². The summed E-state index contributed by atoms with van der Waals surface area (Å²) in [6.07, 6.45) is 13.3. The summed E-state index contributed by atoms with van der Waals surface area (Å²) in [4.78, 5) is 12.0. The molecule has 0 heterocycles. The first kappa shape index (κ1) is 20.5. The van der Waals surface area contributed by atoms with Crippen molar-refractivity contribution in [2.45, 2.75) is 91.4 Å². The lowest BCUT2D eigenvalue weighted by molar-refractivity contribution is -0.116. The smallest absolute Gasteiger partial charge is 0.224 e. The van der Waals surface area contributed by atoms with Crippen molar-refractivity contribution in [3.63, 3.8) is 0 Å². The number of anilines is 1. The van der Waals surface area contributed by atoms with Crippen LogP contribution in [0, 0.1) is 13.8 Å². The third kappa shape index (κ3) is 8.37. The second-order valence-electron chi connectivity index (χ2n) is 6.94. The number of rotatable bonds is 12. The molecule has 0 spiro atoms. The van der Waals surface area contributed by atoms with Crippen LogP contribution in [0.1, 0.15) is 88.7 Å². The maximum absolute atomic E-state index is 12.0. The number of aromatic hydroxyl groups is 1. The van der Waals surface area contributed by atoms with Gasteiger partial charge in [-0.2, -0.15) is 0 Å². The summed E-state index contributed by atoms with van der Waals surface area (Å²) in [5, 5.41) is 12.7. The SMILES string of the molecule is CCCCCCCCCCCCC(=O)Nc1cc(C)c(O)c(C)c1. The van der Waals surface area contributed by atoms with Gasteiger partial charge in [-0.1, -0.05) is 64.7 Å². The highest BCUT2D eigenvalue weighted by molar-refractivity contribution is 5.91. The highest BCUT2D eigenvalue weighted by atomic mass is 16.3. The molecule has 0 bridgehead atoms. The predicted octanol–water partition coefficient (Wildman–Crippen LogP) is 6.26. The van der Waals surface area contributed by atoms with Gasteiger partial charge in [0, 0.05) is 12.1 Å². The third-order valence-corrected chi connectivity index (χ3v) is 4.53. The van der Waals surface area contributed by atoms with Crippen molar-refractivity contribution in [1.82, 2.24) is 0 Å². The van der Waals surface area contributed by atoms with E-state index >= 15 is 0 Å². The van der Waals surface area contributed by atoms with Crippen molar-refractivity contribution in [3.8, 4) is 5.75 Å². The second kappa shape index (κ2) is 11.9. The zero-order valence-corrected chi connectivity index (χ0v) is 15.8. The quantitative estimate of drug-likeness (QED) is 0.350. The molecule has 0 fully saturated rings. The predicted molar refractivity (Wildman–Crippen MR) is 103 cm³/mol. The molecule has 24 heavy (non-hydrogen) atoms. The molecule has 1 amide bonds. The normalized spacial score (nSPS) is 10.8. The number of unbranched alkanes of at least 4 members (excludes halogenated alkanes) is 9. The first-order chi connectivity index (χ1) is 11.5. The Hall–Kier alpha value is -1.51. The highest BCUT2D eigenvalue weighted by Crippen LogP contribution is 2.25. The Morgan fingerprint density at radius 3 is 1.83 bits per heavy atom. The summed E-state index contributed by atoms with van der Waals surface area (Å²) < 4.78 is 0. The Morgan fingerprint density at radius 1 is 0.875 bits per heavy atom. The van der Waals surface area contributed by atoms with E-state index in [-0.39, 0.29) is 5.91 Å². The van der Waals surface area contributed by atoms with Crippen LogP contribution in [0.4, 0.5) is 5.69 Å². The molecule has 1 aromatic rings. The van der Waals surface area contributed by atoms with Crippen molar-refractivity contribution in [1.29, 1.82) is 0 Å². The van der Waals surface area contributed by atoms with Gasteiger partial charge in [-0.3, -0.25) is 4.79 Å². The van der Waals surface area contributed by atoms with Crippen LogP contribution in [-0.4, -0.2) is 11.0 Å². The van der Waals surface area contributed by atoms with Crippen LogP contribution in [0.2, 0.25) is 0 Å². The number of amides is 1. The lowest BCUT2D eigenvalue weighted by Crippen LogP contribution is -2.11. The van der Waals surface area contributed by atoms with Crippen LogP contribution in [0.3, 0.4) is 0 Å². The minimum Gasteiger partial charge on any atom is -0.507 e. The lowest BCUT2D eigenvalue weighted by Gasteiger charge is -2.09. The summed E-state index contributed by atoms with van der Waals surface area (Å²) in [7, 11) is 0. The van der Waals surface area contributed by atoms with Crippen molar-refractivity contribution in [2.75, 3.05) is 5.32 Å². The topological polar surface area (TPSA) is 49.3 Å². The minimum atomic E-state index is 0.0686. The fraction of sp³-hybridized carbons (Fsp3) is 0.667.